The highest BCUT2D eigenvalue weighted by Crippen LogP contribution is 2.29. The number of likely N-dealkylation sites (tertiary alicyclic amines) is 1. The number of fused-ring (bicyclic) bond motifs is 1. The molecule has 2 aromatic rings. The SMILES string of the molecule is N[C@H]1CCN(C(=O)c2[nH]c3cccc(Cl)c3c2F)C[C@H]1F. The molecule has 0 unspecified atom stereocenters. The van der Waals surface area contributed by atoms with E-state index in [0.717, 1.165) is 0 Å². The van der Waals surface area contributed by atoms with E-state index in [1.807, 2.05) is 0 Å². The molecule has 3 rings (SSSR count). The summed E-state index contributed by atoms with van der Waals surface area (Å²) >= 11 is 5.95. The minimum Gasteiger partial charge on any atom is -0.348 e. The van der Waals surface area contributed by atoms with Crippen LogP contribution in [-0.2, 0) is 0 Å². The number of nitrogens with one attached hydrogen (secondary N) is 1. The van der Waals surface area contributed by atoms with Crippen LogP contribution in [0.3, 0.4) is 0 Å². The number of nitrogens with zero attached hydrogens (tertiary/aromatic N) is 1. The number of benzene rings is 1. The number of carbonyl (C=O) groups is 1. The molecule has 0 saturated carbocycles. The molecule has 1 amide bonds. The summed E-state index contributed by atoms with van der Waals surface area (Å²) < 4.78 is 28.0. The van der Waals surface area contributed by atoms with Crippen LogP contribution >= 0.6 is 11.6 Å². The number of aromatic amines is 1. The van der Waals surface area contributed by atoms with Crippen LogP contribution in [0.2, 0.25) is 5.02 Å². The summed E-state index contributed by atoms with van der Waals surface area (Å²) in [7, 11) is 0. The number of hydrogen-bond acceptors (Lipinski definition) is 2. The van der Waals surface area contributed by atoms with Crippen molar-refractivity contribution in [3.05, 3.63) is 34.7 Å². The van der Waals surface area contributed by atoms with Crippen molar-refractivity contribution in [2.24, 2.45) is 5.73 Å². The fraction of sp³-hybridized carbons (Fsp3) is 0.357. The Morgan fingerprint density at radius 2 is 2.24 bits per heavy atom. The number of alkyl halides is 1. The van der Waals surface area contributed by atoms with Gasteiger partial charge in [-0.05, 0) is 18.6 Å². The van der Waals surface area contributed by atoms with Gasteiger partial charge in [-0.3, -0.25) is 4.79 Å². The van der Waals surface area contributed by atoms with Crippen LogP contribution in [0.5, 0.6) is 0 Å². The molecular formula is C14H14ClF2N3O. The number of carbonyl (C=O) groups excluding carboxylic acids is 1. The predicted molar refractivity (Wildman–Crippen MR) is 76.7 cm³/mol. The first-order chi connectivity index (χ1) is 9.99. The molecule has 7 heteroatoms. The van der Waals surface area contributed by atoms with Crippen molar-refractivity contribution < 1.29 is 13.6 Å². The first-order valence-electron chi connectivity index (χ1n) is 6.63. The Morgan fingerprint density at radius 3 is 2.90 bits per heavy atom. The van der Waals surface area contributed by atoms with E-state index < -0.39 is 23.9 Å². The minimum atomic E-state index is -1.29. The van der Waals surface area contributed by atoms with Crippen molar-refractivity contribution >= 4 is 28.4 Å². The van der Waals surface area contributed by atoms with Crippen LogP contribution in [0.1, 0.15) is 16.9 Å². The van der Waals surface area contributed by atoms with Crippen molar-refractivity contribution in [3.8, 4) is 0 Å². The quantitative estimate of drug-likeness (QED) is 0.849. The van der Waals surface area contributed by atoms with Gasteiger partial charge in [0.15, 0.2) is 5.82 Å². The van der Waals surface area contributed by atoms with Gasteiger partial charge in [-0.1, -0.05) is 17.7 Å². The molecule has 2 heterocycles. The second-order valence-corrected chi connectivity index (χ2v) is 5.60. The highest BCUT2D eigenvalue weighted by atomic mass is 35.5. The molecule has 1 aromatic heterocycles. The zero-order valence-electron chi connectivity index (χ0n) is 11.1. The molecule has 0 radical (unpaired) electrons. The van der Waals surface area contributed by atoms with Gasteiger partial charge < -0.3 is 15.6 Å². The summed E-state index contributed by atoms with van der Waals surface area (Å²) in [6, 6.07) is 4.26. The summed E-state index contributed by atoms with van der Waals surface area (Å²) in [5.74, 6) is -1.28. The van der Waals surface area contributed by atoms with Crippen molar-refractivity contribution in [3.63, 3.8) is 0 Å². The van der Waals surface area contributed by atoms with Crippen LogP contribution in [0.15, 0.2) is 18.2 Å². The van der Waals surface area contributed by atoms with E-state index in [9.17, 15) is 13.6 Å². The average Bonchev–Trinajstić information content (AvgIpc) is 2.80. The Bertz CT molecular complexity index is 703. The van der Waals surface area contributed by atoms with E-state index in [2.05, 4.69) is 4.98 Å². The van der Waals surface area contributed by atoms with E-state index in [0.29, 0.717) is 18.5 Å². The number of amides is 1. The lowest BCUT2D eigenvalue weighted by Gasteiger charge is -2.32. The van der Waals surface area contributed by atoms with Crippen molar-refractivity contribution in [1.29, 1.82) is 0 Å². The molecule has 1 aliphatic heterocycles. The second-order valence-electron chi connectivity index (χ2n) is 5.20. The standard InChI is InChI=1S/C14H14ClF2N3O/c15-7-2-1-3-10-11(7)12(17)13(19-10)14(21)20-5-4-9(18)8(16)6-20/h1-3,8-9,19H,4-6,18H2/t8-,9+/m1/s1. The topological polar surface area (TPSA) is 62.1 Å². The van der Waals surface area contributed by atoms with Gasteiger partial charge in [0.2, 0.25) is 0 Å². The fourth-order valence-corrected chi connectivity index (χ4v) is 2.84. The van der Waals surface area contributed by atoms with Crippen molar-refractivity contribution in [1.82, 2.24) is 9.88 Å². The highest BCUT2D eigenvalue weighted by Gasteiger charge is 2.32. The number of nitrogens with two attached hydrogens (primary N) is 1. The third-order valence-electron chi connectivity index (χ3n) is 3.81. The zero-order chi connectivity index (χ0) is 15.1. The monoisotopic (exact) mass is 313 g/mol. The van der Waals surface area contributed by atoms with E-state index in [-0.39, 0.29) is 22.6 Å². The molecule has 21 heavy (non-hydrogen) atoms. The molecular weight excluding hydrogens is 300 g/mol. The molecule has 4 nitrogen and oxygen atoms in total. The molecule has 112 valence electrons. The first-order valence-corrected chi connectivity index (χ1v) is 7.01. The number of hydrogen-bond donors (Lipinski definition) is 2. The van der Waals surface area contributed by atoms with Crippen molar-refractivity contribution in [2.75, 3.05) is 13.1 Å². The van der Waals surface area contributed by atoms with E-state index >= 15 is 0 Å². The Labute approximate surface area is 124 Å². The zero-order valence-corrected chi connectivity index (χ0v) is 11.8. The number of rotatable bonds is 1. The summed E-state index contributed by atoms with van der Waals surface area (Å²) in [6.07, 6.45) is -0.936. The number of H-pyrrole nitrogens is 1. The first kappa shape index (κ1) is 14.3. The van der Waals surface area contributed by atoms with E-state index in [4.69, 9.17) is 17.3 Å². The predicted octanol–water partition coefficient (Wildman–Crippen LogP) is 2.47. The van der Waals surface area contributed by atoms with Crippen LogP contribution < -0.4 is 5.73 Å². The maximum atomic E-state index is 14.4. The second kappa shape index (κ2) is 5.27. The third kappa shape index (κ3) is 2.38. The van der Waals surface area contributed by atoms with Crippen molar-refractivity contribution in [2.45, 2.75) is 18.6 Å². The largest absolute Gasteiger partial charge is 0.348 e. The van der Waals surface area contributed by atoms with Crippen LogP contribution in [-0.4, -0.2) is 41.1 Å². The van der Waals surface area contributed by atoms with E-state index in [1.54, 1.807) is 18.2 Å². The Balaban J connectivity index is 1.95. The number of aromatic nitrogens is 1. The van der Waals surface area contributed by atoms with Crippen LogP contribution in [0.25, 0.3) is 10.9 Å². The van der Waals surface area contributed by atoms with Gasteiger partial charge in [-0.15, -0.1) is 0 Å². The summed E-state index contributed by atoms with van der Waals surface area (Å²) in [6.45, 7) is 0.186. The average molecular weight is 314 g/mol. The lowest BCUT2D eigenvalue weighted by Crippen LogP contribution is -2.50. The minimum absolute atomic E-state index is 0.122. The molecule has 0 aliphatic carbocycles. The fourth-order valence-electron chi connectivity index (χ4n) is 2.58. The number of piperidine rings is 1. The molecule has 0 spiro atoms. The summed E-state index contributed by atoms with van der Waals surface area (Å²) in [4.78, 5) is 16.4. The summed E-state index contributed by atoms with van der Waals surface area (Å²) in [5.41, 5.74) is 5.82. The van der Waals surface area contributed by atoms with Gasteiger partial charge in [0.05, 0.1) is 22.5 Å². The third-order valence-corrected chi connectivity index (χ3v) is 4.12. The van der Waals surface area contributed by atoms with Gasteiger partial charge in [-0.25, -0.2) is 8.78 Å². The molecule has 0 bridgehead atoms. The van der Waals surface area contributed by atoms with Gasteiger partial charge in [0.1, 0.15) is 11.9 Å². The smallest absolute Gasteiger partial charge is 0.273 e. The molecule has 1 fully saturated rings. The lowest BCUT2D eigenvalue weighted by atomic mass is 10.0. The Kier molecular flexibility index (Phi) is 3.59. The molecule has 1 saturated heterocycles. The maximum absolute atomic E-state index is 14.4. The van der Waals surface area contributed by atoms with Crippen LogP contribution in [0, 0.1) is 5.82 Å². The van der Waals surface area contributed by atoms with Gasteiger partial charge in [0, 0.05) is 12.6 Å². The molecule has 3 N–H and O–H groups in total. The summed E-state index contributed by atoms with van der Waals surface area (Å²) in [5, 5.41) is 0.400. The lowest BCUT2D eigenvalue weighted by molar-refractivity contribution is 0.0595. The maximum Gasteiger partial charge on any atom is 0.273 e. The van der Waals surface area contributed by atoms with Gasteiger partial charge in [-0.2, -0.15) is 0 Å². The molecule has 2 atom stereocenters. The van der Waals surface area contributed by atoms with E-state index in [1.165, 1.54) is 4.90 Å². The van der Waals surface area contributed by atoms with Crippen LogP contribution in [0.4, 0.5) is 8.78 Å². The number of halogens is 3. The Hall–Kier alpha value is -1.66. The molecule has 1 aliphatic rings. The highest BCUT2D eigenvalue weighted by molar-refractivity contribution is 6.35. The normalized spacial score (nSPS) is 22.8. The molecule has 1 aromatic carbocycles. The van der Waals surface area contributed by atoms with Gasteiger partial charge in [0.25, 0.3) is 5.91 Å². The Morgan fingerprint density at radius 1 is 1.48 bits per heavy atom. The van der Waals surface area contributed by atoms with Gasteiger partial charge >= 0.3 is 0 Å².